The first-order valence-corrected chi connectivity index (χ1v) is 6.81. The van der Waals surface area contributed by atoms with Crippen molar-refractivity contribution in [2.45, 2.75) is 13.0 Å². The third-order valence-electron chi connectivity index (χ3n) is 3.08. The average Bonchev–Trinajstić information content (AvgIpc) is 3.11. The number of hydrogen-bond acceptors (Lipinski definition) is 3. The normalized spacial score (nSPS) is 12.6. The molecular weight excluding hydrogens is 297 g/mol. The van der Waals surface area contributed by atoms with Crippen LogP contribution in [-0.2, 0) is 0 Å². The van der Waals surface area contributed by atoms with E-state index in [-0.39, 0.29) is 6.04 Å². The number of hydrogen-bond donors (Lipinski definition) is 0. The van der Waals surface area contributed by atoms with Gasteiger partial charge in [-0.2, -0.15) is 0 Å². The van der Waals surface area contributed by atoms with Crippen molar-refractivity contribution in [3.05, 3.63) is 58.6 Å². The molecule has 2 heterocycles. The molecule has 1 atom stereocenters. The predicted octanol–water partition coefficient (Wildman–Crippen LogP) is 4.45. The number of furan rings is 1. The quantitative estimate of drug-likeness (QED) is 0.718. The van der Waals surface area contributed by atoms with E-state index >= 15 is 0 Å². The lowest BCUT2D eigenvalue weighted by atomic mass is 10.2. The standard InChI is InChI=1S/C14H11Cl2N3O/c1-9(14-3-2-6-20-14)19-8-13(17-18-19)10-4-5-11(15)12(16)7-10/h2-9H,1H3/t9-/m1/s1. The zero-order valence-electron chi connectivity index (χ0n) is 10.6. The van der Waals surface area contributed by atoms with Crippen LogP contribution in [0.2, 0.25) is 10.0 Å². The second-order valence-electron chi connectivity index (χ2n) is 4.40. The smallest absolute Gasteiger partial charge is 0.128 e. The Morgan fingerprint density at radius 1 is 1.20 bits per heavy atom. The summed E-state index contributed by atoms with van der Waals surface area (Å²) in [5, 5.41) is 9.31. The first-order chi connectivity index (χ1) is 9.65. The van der Waals surface area contributed by atoms with Crippen molar-refractivity contribution < 1.29 is 4.42 Å². The molecule has 0 aliphatic heterocycles. The zero-order valence-corrected chi connectivity index (χ0v) is 12.1. The molecule has 0 unspecified atom stereocenters. The van der Waals surface area contributed by atoms with E-state index < -0.39 is 0 Å². The van der Waals surface area contributed by atoms with Gasteiger partial charge in [-0.25, -0.2) is 4.68 Å². The largest absolute Gasteiger partial charge is 0.467 e. The van der Waals surface area contributed by atoms with Gasteiger partial charge in [0.1, 0.15) is 17.5 Å². The lowest BCUT2D eigenvalue weighted by Gasteiger charge is -2.07. The Kier molecular flexibility index (Phi) is 3.51. The molecule has 0 saturated heterocycles. The highest BCUT2D eigenvalue weighted by Gasteiger charge is 2.14. The second kappa shape index (κ2) is 5.31. The lowest BCUT2D eigenvalue weighted by molar-refractivity contribution is 0.419. The van der Waals surface area contributed by atoms with Gasteiger partial charge in [-0.15, -0.1) is 5.10 Å². The molecule has 0 aliphatic carbocycles. The van der Waals surface area contributed by atoms with Gasteiger partial charge in [-0.05, 0) is 31.2 Å². The summed E-state index contributed by atoms with van der Waals surface area (Å²) in [6.07, 6.45) is 3.50. The molecule has 0 radical (unpaired) electrons. The van der Waals surface area contributed by atoms with E-state index in [9.17, 15) is 0 Å². The van der Waals surface area contributed by atoms with E-state index in [1.807, 2.05) is 31.3 Å². The highest BCUT2D eigenvalue weighted by molar-refractivity contribution is 6.42. The Morgan fingerprint density at radius 2 is 2.05 bits per heavy atom. The van der Waals surface area contributed by atoms with E-state index in [4.69, 9.17) is 27.6 Å². The fourth-order valence-electron chi connectivity index (χ4n) is 1.91. The van der Waals surface area contributed by atoms with Crippen LogP contribution < -0.4 is 0 Å². The number of halogens is 2. The van der Waals surface area contributed by atoms with E-state index in [0.717, 1.165) is 17.0 Å². The number of nitrogens with zero attached hydrogens (tertiary/aromatic N) is 3. The maximum atomic E-state index is 6.01. The fourth-order valence-corrected chi connectivity index (χ4v) is 2.21. The predicted molar refractivity (Wildman–Crippen MR) is 78.0 cm³/mol. The highest BCUT2D eigenvalue weighted by atomic mass is 35.5. The number of aromatic nitrogens is 3. The Balaban J connectivity index is 1.92. The fraction of sp³-hybridized carbons (Fsp3) is 0.143. The summed E-state index contributed by atoms with van der Waals surface area (Å²) in [7, 11) is 0. The Labute approximate surface area is 125 Å². The Hall–Kier alpha value is -1.78. The highest BCUT2D eigenvalue weighted by Crippen LogP contribution is 2.28. The molecule has 0 aliphatic rings. The van der Waals surface area contributed by atoms with E-state index in [0.29, 0.717) is 10.0 Å². The van der Waals surface area contributed by atoms with Crippen LogP contribution in [0.25, 0.3) is 11.3 Å². The van der Waals surface area contributed by atoms with Gasteiger partial charge in [0.25, 0.3) is 0 Å². The summed E-state index contributed by atoms with van der Waals surface area (Å²) in [6, 6.07) is 9.12. The maximum Gasteiger partial charge on any atom is 0.128 e. The molecule has 3 rings (SSSR count). The Bertz CT molecular complexity index is 722. The molecule has 0 fully saturated rings. The molecule has 0 saturated carbocycles. The van der Waals surface area contributed by atoms with Gasteiger partial charge in [0.2, 0.25) is 0 Å². The second-order valence-corrected chi connectivity index (χ2v) is 5.22. The molecule has 102 valence electrons. The molecule has 3 aromatic rings. The minimum atomic E-state index is -0.0194. The Morgan fingerprint density at radius 3 is 2.75 bits per heavy atom. The molecule has 4 nitrogen and oxygen atoms in total. The van der Waals surface area contributed by atoms with Crippen LogP contribution in [0.5, 0.6) is 0 Å². The van der Waals surface area contributed by atoms with Gasteiger partial charge in [-0.3, -0.25) is 0 Å². The van der Waals surface area contributed by atoms with Crippen LogP contribution in [0.4, 0.5) is 0 Å². The lowest BCUT2D eigenvalue weighted by Crippen LogP contribution is -2.06. The van der Waals surface area contributed by atoms with Crippen molar-refractivity contribution in [1.82, 2.24) is 15.0 Å². The van der Waals surface area contributed by atoms with E-state index in [2.05, 4.69) is 10.3 Å². The van der Waals surface area contributed by atoms with Crippen molar-refractivity contribution in [2.24, 2.45) is 0 Å². The summed E-state index contributed by atoms with van der Waals surface area (Å²) in [6.45, 7) is 1.99. The third kappa shape index (κ3) is 2.44. The minimum absolute atomic E-state index is 0.0194. The molecular formula is C14H11Cl2N3O. The molecule has 20 heavy (non-hydrogen) atoms. The molecule has 0 spiro atoms. The average molecular weight is 308 g/mol. The molecule has 6 heteroatoms. The van der Waals surface area contributed by atoms with Crippen molar-refractivity contribution in [1.29, 1.82) is 0 Å². The zero-order chi connectivity index (χ0) is 14.1. The monoisotopic (exact) mass is 307 g/mol. The minimum Gasteiger partial charge on any atom is -0.467 e. The van der Waals surface area contributed by atoms with Crippen molar-refractivity contribution >= 4 is 23.2 Å². The van der Waals surface area contributed by atoms with Gasteiger partial charge < -0.3 is 4.42 Å². The van der Waals surface area contributed by atoms with Crippen LogP contribution in [0.15, 0.2) is 47.2 Å². The summed E-state index contributed by atoms with van der Waals surface area (Å²) in [5.74, 6) is 0.829. The molecule has 0 amide bonds. The summed E-state index contributed by atoms with van der Waals surface area (Å²) in [5.41, 5.74) is 1.61. The topological polar surface area (TPSA) is 43.9 Å². The van der Waals surface area contributed by atoms with Crippen LogP contribution in [-0.4, -0.2) is 15.0 Å². The number of benzene rings is 1. The molecule has 0 bridgehead atoms. The third-order valence-corrected chi connectivity index (χ3v) is 3.82. The van der Waals surface area contributed by atoms with Crippen molar-refractivity contribution in [2.75, 3.05) is 0 Å². The van der Waals surface area contributed by atoms with Crippen LogP contribution >= 0.6 is 23.2 Å². The van der Waals surface area contributed by atoms with Crippen LogP contribution in [0.3, 0.4) is 0 Å². The van der Waals surface area contributed by atoms with E-state index in [1.54, 1.807) is 23.1 Å². The number of rotatable bonds is 3. The van der Waals surface area contributed by atoms with E-state index in [1.165, 1.54) is 0 Å². The van der Waals surface area contributed by atoms with Crippen LogP contribution in [0, 0.1) is 0 Å². The summed E-state index contributed by atoms with van der Waals surface area (Å²) in [4.78, 5) is 0. The molecule has 1 aromatic carbocycles. The SMILES string of the molecule is C[C@H](c1ccco1)n1cc(-c2ccc(Cl)c(Cl)c2)nn1. The summed E-state index contributed by atoms with van der Waals surface area (Å²) >= 11 is 11.9. The van der Waals surface area contributed by atoms with Crippen molar-refractivity contribution in [3.63, 3.8) is 0 Å². The maximum absolute atomic E-state index is 6.01. The summed E-state index contributed by atoms with van der Waals surface area (Å²) < 4.78 is 7.12. The van der Waals surface area contributed by atoms with Gasteiger partial charge in [0, 0.05) is 5.56 Å². The van der Waals surface area contributed by atoms with Gasteiger partial charge >= 0.3 is 0 Å². The first-order valence-electron chi connectivity index (χ1n) is 6.06. The van der Waals surface area contributed by atoms with Crippen molar-refractivity contribution in [3.8, 4) is 11.3 Å². The van der Waals surface area contributed by atoms with Crippen LogP contribution in [0.1, 0.15) is 18.7 Å². The first kappa shape index (κ1) is 13.2. The van der Waals surface area contributed by atoms with Gasteiger partial charge in [0.05, 0.1) is 22.5 Å². The molecule has 2 aromatic heterocycles. The van der Waals surface area contributed by atoms with Gasteiger partial charge in [-0.1, -0.05) is 34.5 Å². The van der Waals surface area contributed by atoms with Gasteiger partial charge in [0.15, 0.2) is 0 Å². The molecule has 0 N–H and O–H groups in total.